The molecule has 17 heavy (non-hydrogen) atoms. The van der Waals surface area contributed by atoms with Crippen molar-refractivity contribution in [2.75, 3.05) is 6.61 Å². The lowest BCUT2D eigenvalue weighted by Crippen LogP contribution is -2.14. The van der Waals surface area contributed by atoms with Crippen molar-refractivity contribution in [3.63, 3.8) is 0 Å². The summed E-state index contributed by atoms with van der Waals surface area (Å²) in [6.07, 6.45) is 8.39. The molecule has 1 aliphatic rings. The monoisotopic (exact) mass is 240 g/mol. The maximum absolute atomic E-state index is 11.2. The topological polar surface area (TPSA) is 52.6 Å². The van der Waals surface area contributed by atoms with Crippen LogP contribution in [-0.2, 0) is 19.1 Å². The first-order valence-corrected chi connectivity index (χ1v) is 6.18. The van der Waals surface area contributed by atoms with Crippen LogP contribution in [0.5, 0.6) is 0 Å². The third kappa shape index (κ3) is 6.76. The molecule has 0 aliphatic carbocycles. The molecule has 1 aliphatic heterocycles. The largest absolute Gasteiger partial charge is 0.465 e. The van der Waals surface area contributed by atoms with Crippen LogP contribution in [0.1, 0.15) is 45.4 Å². The lowest BCUT2D eigenvalue weighted by atomic mass is 10.1. The Hall–Kier alpha value is -1.32. The highest BCUT2D eigenvalue weighted by Gasteiger charge is 2.09. The lowest BCUT2D eigenvalue weighted by Gasteiger charge is -2.13. The van der Waals surface area contributed by atoms with Gasteiger partial charge < -0.3 is 9.47 Å². The van der Waals surface area contributed by atoms with E-state index in [4.69, 9.17) is 9.47 Å². The van der Waals surface area contributed by atoms with E-state index in [-0.39, 0.29) is 18.0 Å². The predicted molar refractivity (Wildman–Crippen MR) is 63.4 cm³/mol. The smallest absolute Gasteiger partial charge is 0.305 e. The molecule has 0 fully saturated rings. The highest BCUT2D eigenvalue weighted by atomic mass is 16.5. The molecule has 1 unspecified atom stereocenters. The fraction of sp³-hybridized carbons (Fsp3) is 0.692. The second-order valence-corrected chi connectivity index (χ2v) is 4.18. The Morgan fingerprint density at radius 1 is 1.41 bits per heavy atom. The minimum Gasteiger partial charge on any atom is -0.465 e. The third-order valence-corrected chi connectivity index (χ3v) is 2.59. The molecule has 0 radical (unpaired) electrons. The molecule has 0 saturated heterocycles. The van der Waals surface area contributed by atoms with Gasteiger partial charge in [0.1, 0.15) is 6.10 Å². The quantitative estimate of drug-likeness (QED) is 0.521. The fourth-order valence-corrected chi connectivity index (χ4v) is 1.76. The fourth-order valence-electron chi connectivity index (χ4n) is 1.76. The first kappa shape index (κ1) is 13.7. The SMILES string of the molecule is CC(=O)OC1C=CCCOC(=O)CCCCC1. The molecule has 4 heteroatoms. The summed E-state index contributed by atoms with van der Waals surface area (Å²) in [5.41, 5.74) is 0. The number of ether oxygens (including phenoxy) is 2. The number of hydrogen-bond acceptors (Lipinski definition) is 4. The average molecular weight is 240 g/mol. The predicted octanol–water partition coefficient (Wildman–Crippen LogP) is 2.37. The zero-order chi connectivity index (χ0) is 12.5. The van der Waals surface area contributed by atoms with Crippen molar-refractivity contribution in [3.8, 4) is 0 Å². The number of carbonyl (C=O) groups excluding carboxylic acids is 2. The highest BCUT2D eigenvalue weighted by Crippen LogP contribution is 2.12. The Labute approximate surface area is 102 Å². The zero-order valence-electron chi connectivity index (χ0n) is 10.3. The molecule has 1 heterocycles. The summed E-state index contributed by atoms with van der Waals surface area (Å²) in [6.45, 7) is 1.83. The van der Waals surface area contributed by atoms with E-state index in [2.05, 4.69) is 0 Å². The van der Waals surface area contributed by atoms with Crippen molar-refractivity contribution in [3.05, 3.63) is 12.2 Å². The maximum atomic E-state index is 11.2. The summed E-state index contributed by atoms with van der Waals surface area (Å²) in [4.78, 5) is 22.1. The van der Waals surface area contributed by atoms with Gasteiger partial charge in [0.05, 0.1) is 6.61 Å². The summed E-state index contributed by atoms with van der Waals surface area (Å²) in [5.74, 6) is -0.367. The summed E-state index contributed by atoms with van der Waals surface area (Å²) in [7, 11) is 0. The summed E-state index contributed by atoms with van der Waals surface area (Å²) < 4.78 is 10.2. The van der Waals surface area contributed by atoms with E-state index in [9.17, 15) is 9.59 Å². The lowest BCUT2D eigenvalue weighted by molar-refractivity contribution is -0.144. The molecule has 0 N–H and O–H groups in total. The van der Waals surface area contributed by atoms with Crippen molar-refractivity contribution >= 4 is 11.9 Å². The van der Waals surface area contributed by atoms with Crippen LogP contribution in [0, 0.1) is 0 Å². The Balaban J connectivity index is 2.45. The molecule has 96 valence electrons. The minimum atomic E-state index is -0.252. The van der Waals surface area contributed by atoms with Crippen molar-refractivity contribution in [2.45, 2.75) is 51.6 Å². The number of cyclic esters (lactones) is 1. The number of carbonyl (C=O) groups is 2. The van der Waals surface area contributed by atoms with E-state index < -0.39 is 0 Å². The van der Waals surface area contributed by atoms with Gasteiger partial charge >= 0.3 is 11.9 Å². The van der Waals surface area contributed by atoms with Crippen LogP contribution in [-0.4, -0.2) is 24.6 Å². The van der Waals surface area contributed by atoms with Crippen LogP contribution in [0.25, 0.3) is 0 Å². The average Bonchev–Trinajstić information content (AvgIpc) is 2.25. The molecule has 0 bridgehead atoms. The van der Waals surface area contributed by atoms with E-state index in [0.29, 0.717) is 19.4 Å². The first-order valence-electron chi connectivity index (χ1n) is 6.18. The molecule has 0 amide bonds. The second kappa shape index (κ2) is 7.87. The maximum Gasteiger partial charge on any atom is 0.305 e. The molecular formula is C13H20O4. The number of hydrogen-bond donors (Lipinski definition) is 0. The van der Waals surface area contributed by atoms with E-state index in [1.165, 1.54) is 6.92 Å². The van der Waals surface area contributed by atoms with E-state index in [1.807, 2.05) is 12.2 Å². The third-order valence-electron chi connectivity index (χ3n) is 2.59. The van der Waals surface area contributed by atoms with Crippen molar-refractivity contribution < 1.29 is 19.1 Å². The normalized spacial score (nSPS) is 23.1. The van der Waals surface area contributed by atoms with E-state index >= 15 is 0 Å². The minimum absolute atomic E-state index is 0.115. The standard InChI is InChI=1S/C13H20O4/c1-11(14)17-12-7-3-2-4-9-13(15)16-10-6-5-8-12/h5,8,12H,2-4,6-7,9-10H2,1H3. The zero-order valence-corrected chi connectivity index (χ0v) is 10.3. The van der Waals surface area contributed by atoms with Crippen LogP contribution < -0.4 is 0 Å². The number of esters is 2. The van der Waals surface area contributed by atoms with Crippen molar-refractivity contribution in [1.29, 1.82) is 0 Å². The van der Waals surface area contributed by atoms with Crippen LogP contribution in [0.3, 0.4) is 0 Å². The Bertz CT molecular complexity index is 283. The summed E-state index contributed by atoms with van der Waals surface area (Å²) in [6, 6.07) is 0. The van der Waals surface area contributed by atoms with Gasteiger partial charge in [-0.15, -0.1) is 0 Å². The molecule has 4 nitrogen and oxygen atoms in total. The van der Waals surface area contributed by atoms with Gasteiger partial charge in [-0.2, -0.15) is 0 Å². The summed E-state index contributed by atoms with van der Waals surface area (Å²) in [5, 5.41) is 0. The Morgan fingerprint density at radius 2 is 2.24 bits per heavy atom. The van der Waals surface area contributed by atoms with Gasteiger partial charge in [0, 0.05) is 13.3 Å². The van der Waals surface area contributed by atoms with Gasteiger partial charge in [0.15, 0.2) is 0 Å². The molecule has 1 rings (SSSR count). The molecular weight excluding hydrogens is 220 g/mol. The van der Waals surface area contributed by atoms with Crippen LogP contribution >= 0.6 is 0 Å². The number of rotatable bonds is 1. The van der Waals surface area contributed by atoms with Gasteiger partial charge in [-0.3, -0.25) is 9.59 Å². The van der Waals surface area contributed by atoms with Crippen molar-refractivity contribution in [1.82, 2.24) is 0 Å². The van der Waals surface area contributed by atoms with E-state index in [1.54, 1.807) is 0 Å². The van der Waals surface area contributed by atoms with Gasteiger partial charge in [-0.1, -0.05) is 12.5 Å². The Kier molecular flexibility index (Phi) is 6.37. The van der Waals surface area contributed by atoms with Crippen LogP contribution in [0.2, 0.25) is 0 Å². The van der Waals surface area contributed by atoms with Crippen LogP contribution in [0.4, 0.5) is 0 Å². The van der Waals surface area contributed by atoms with Crippen molar-refractivity contribution in [2.24, 2.45) is 0 Å². The van der Waals surface area contributed by atoms with Crippen LogP contribution in [0.15, 0.2) is 12.2 Å². The summed E-state index contributed by atoms with van der Waals surface area (Å²) >= 11 is 0. The van der Waals surface area contributed by atoms with Gasteiger partial charge in [-0.25, -0.2) is 0 Å². The molecule has 1 atom stereocenters. The Morgan fingerprint density at radius 3 is 3.00 bits per heavy atom. The molecule has 0 aromatic carbocycles. The van der Waals surface area contributed by atoms with Gasteiger partial charge in [0.2, 0.25) is 0 Å². The molecule has 0 saturated carbocycles. The van der Waals surface area contributed by atoms with Gasteiger partial charge in [0.25, 0.3) is 0 Å². The molecule has 0 spiro atoms. The van der Waals surface area contributed by atoms with E-state index in [0.717, 1.165) is 25.7 Å². The first-order chi connectivity index (χ1) is 8.18. The van der Waals surface area contributed by atoms with Gasteiger partial charge in [-0.05, 0) is 31.8 Å². The second-order valence-electron chi connectivity index (χ2n) is 4.18. The highest BCUT2D eigenvalue weighted by molar-refractivity contribution is 5.69. The molecule has 0 aromatic rings. The molecule has 0 aromatic heterocycles.